The van der Waals surface area contributed by atoms with Gasteiger partial charge >= 0.3 is 73.1 Å². The molecule has 0 N–H and O–H groups in total. The maximum absolute atomic E-state index is 5.34. The van der Waals surface area contributed by atoms with Crippen molar-refractivity contribution in [2.75, 3.05) is 59.3 Å². The molecule has 0 saturated carbocycles. The predicted molar refractivity (Wildman–Crippen MR) is 88.2 cm³/mol. The van der Waals surface area contributed by atoms with E-state index in [1.807, 2.05) is 36.2 Å². The van der Waals surface area contributed by atoms with Crippen LogP contribution in [-0.2, 0) is 0 Å². The third kappa shape index (κ3) is 5.76. The molecule has 1 aliphatic rings. The Morgan fingerprint density at radius 1 is 1.05 bits per heavy atom. The molecule has 0 atom stereocenters. The molecule has 1 aromatic carbocycles. The summed E-state index contributed by atoms with van der Waals surface area (Å²) in [5.41, 5.74) is 1.04. The minimum absolute atomic E-state index is 0.851. The molecular weight excluding hydrogens is 249 g/mol. The Bertz CT molecular complexity index is 379. The second-order valence-corrected chi connectivity index (χ2v) is 5.06. The molecule has 1 fully saturated rings. The van der Waals surface area contributed by atoms with Crippen LogP contribution in [0.2, 0.25) is 0 Å². The topological polar surface area (TPSA) is 19.0 Å². The van der Waals surface area contributed by atoms with Gasteiger partial charge in [0, 0.05) is 26.2 Å². The average Bonchev–Trinajstić information content (AvgIpc) is 2.50. The molecule has 109 valence electrons. The van der Waals surface area contributed by atoms with Gasteiger partial charge in [-0.2, -0.15) is 0 Å². The number of hydrogen-bond acceptors (Lipinski definition) is 4. The van der Waals surface area contributed by atoms with Crippen molar-refractivity contribution < 1.29 is 4.74 Å². The second kappa shape index (κ2) is 8.77. The average molecular weight is 274 g/mol. The summed E-state index contributed by atoms with van der Waals surface area (Å²) in [6.45, 7) is 4.93. The number of rotatable bonds is 3. The van der Waals surface area contributed by atoms with E-state index in [0.29, 0.717) is 0 Å². The Kier molecular flexibility index (Phi) is 7.33. The van der Waals surface area contributed by atoms with Crippen LogP contribution in [0.25, 0.3) is 0 Å². The zero-order valence-electron chi connectivity index (χ0n) is 13.0. The van der Waals surface area contributed by atoms with Crippen molar-refractivity contribution in [2.45, 2.75) is 0 Å². The van der Waals surface area contributed by atoms with Crippen molar-refractivity contribution in [2.24, 2.45) is 0 Å². The van der Waals surface area contributed by atoms with Crippen LogP contribution in [0.4, 0.5) is 5.69 Å². The number of benzene rings is 1. The van der Waals surface area contributed by atoms with Gasteiger partial charge in [-0.25, -0.2) is 0 Å². The van der Waals surface area contributed by atoms with Gasteiger partial charge in [-0.1, -0.05) is 0 Å². The third-order valence-electron chi connectivity index (χ3n) is 3.43. The number of piperazine rings is 1. The first-order valence-electron chi connectivity index (χ1n) is 6.86. The molecule has 1 aliphatic heterocycles. The van der Waals surface area contributed by atoms with E-state index < -0.39 is 0 Å². The summed E-state index contributed by atoms with van der Waals surface area (Å²) in [7, 11) is 13.2. The Morgan fingerprint density at radius 2 is 1.50 bits per heavy atom. The molecule has 0 bridgehead atoms. The van der Waals surface area contributed by atoms with Crippen LogP contribution >= 0.6 is 0 Å². The molecule has 0 aliphatic carbocycles. The summed E-state index contributed by atoms with van der Waals surface area (Å²) in [6.07, 6.45) is 1.52. The van der Waals surface area contributed by atoms with Gasteiger partial charge < -0.3 is 9.80 Å². The number of hydrogen-bond donors (Lipinski definition) is 0. The summed E-state index contributed by atoms with van der Waals surface area (Å²) in [5.74, 6) is 0.851. The number of nitrogens with zero attached hydrogens (tertiary/aromatic N) is 3. The van der Waals surface area contributed by atoms with E-state index in [0.717, 1.165) is 11.4 Å². The van der Waals surface area contributed by atoms with Gasteiger partial charge in [0.05, 0.1) is 0 Å². The van der Waals surface area contributed by atoms with Crippen LogP contribution in [0.3, 0.4) is 0 Å². The Balaban J connectivity index is 0.000000217. The first-order valence-corrected chi connectivity index (χ1v) is 6.86. The normalized spacial score (nSPS) is 15.9. The van der Waals surface area contributed by atoms with Crippen LogP contribution in [-0.4, -0.2) is 77.8 Å². The molecule has 0 spiro atoms. The summed E-state index contributed by atoms with van der Waals surface area (Å²) in [6, 6.07) is 7.69. The van der Waals surface area contributed by atoms with Crippen LogP contribution < -0.4 is 9.64 Å². The van der Waals surface area contributed by atoms with Crippen molar-refractivity contribution in [3.63, 3.8) is 0 Å². The van der Waals surface area contributed by atoms with E-state index in [4.69, 9.17) is 12.2 Å². The molecule has 0 unspecified atom stereocenters. The maximum atomic E-state index is 5.34. The van der Waals surface area contributed by atoms with E-state index in [1.54, 1.807) is 7.11 Å². The number of ether oxygens (including phenoxy) is 1. The van der Waals surface area contributed by atoms with Crippen molar-refractivity contribution >= 4 is 19.3 Å². The fourth-order valence-electron chi connectivity index (χ4n) is 1.81. The van der Waals surface area contributed by atoms with Crippen LogP contribution in [0.15, 0.2) is 24.3 Å². The fourth-order valence-corrected chi connectivity index (χ4v) is 1.81. The summed E-state index contributed by atoms with van der Waals surface area (Å²) in [4.78, 5) is 6.56. The molecular formula is C15H25BN3O. The van der Waals surface area contributed by atoms with Crippen LogP contribution in [0.5, 0.6) is 5.75 Å². The standard InChI is InChI=1S/C9H11BNO.C6H14N2/c1-11(7-10)8-3-5-9(12-2)6-4-8;1-7-3-5-8(2)6-4-7/h3-7H,1-2H3;3-6H2,1-2H3. The quantitative estimate of drug-likeness (QED) is 0.763. The zero-order valence-corrected chi connectivity index (χ0v) is 13.0. The summed E-state index contributed by atoms with van der Waals surface area (Å²) < 4.78 is 5.02. The van der Waals surface area contributed by atoms with E-state index in [-0.39, 0.29) is 0 Å². The molecule has 1 radical (unpaired) electrons. The first-order chi connectivity index (χ1) is 9.56. The molecule has 2 rings (SSSR count). The van der Waals surface area contributed by atoms with E-state index in [2.05, 4.69) is 23.9 Å². The predicted octanol–water partition coefficient (Wildman–Crippen LogP) is 0.923. The summed E-state index contributed by atoms with van der Waals surface area (Å²) >= 11 is 0. The number of methoxy groups -OCH3 is 1. The minimum atomic E-state index is 0.851. The fraction of sp³-hybridized carbons (Fsp3) is 0.533. The molecule has 20 heavy (non-hydrogen) atoms. The molecule has 4 nitrogen and oxygen atoms in total. The third-order valence-corrected chi connectivity index (χ3v) is 3.43. The van der Waals surface area contributed by atoms with Gasteiger partial charge in [-0.3, -0.25) is 0 Å². The Morgan fingerprint density at radius 3 is 1.85 bits per heavy atom. The van der Waals surface area contributed by atoms with Gasteiger partial charge in [0.1, 0.15) is 0 Å². The van der Waals surface area contributed by atoms with Crippen molar-refractivity contribution in [3.8, 4) is 5.75 Å². The zero-order chi connectivity index (χ0) is 15.0. The summed E-state index contributed by atoms with van der Waals surface area (Å²) in [5, 5.41) is 0. The van der Waals surface area contributed by atoms with Crippen molar-refractivity contribution in [1.82, 2.24) is 9.80 Å². The van der Waals surface area contributed by atoms with Gasteiger partial charge in [0.15, 0.2) is 0 Å². The van der Waals surface area contributed by atoms with E-state index in [1.165, 1.54) is 32.3 Å². The van der Waals surface area contributed by atoms with Crippen LogP contribution in [0, 0.1) is 0 Å². The molecule has 0 aromatic heterocycles. The molecule has 1 saturated heterocycles. The SMILES string of the molecule is CN1CCN(C)CC1.[B]=CN(C)c1ccc(OC)cc1. The van der Waals surface area contributed by atoms with Gasteiger partial charge in [0.2, 0.25) is 0 Å². The molecule has 1 heterocycles. The van der Waals surface area contributed by atoms with E-state index >= 15 is 0 Å². The van der Waals surface area contributed by atoms with E-state index in [9.17, 15) is 0 Å². The Hall–Kier alpha value is -1.33. The van der Waals surface area contributed by atoms with Gasteiger partial charge in [-0.15, -0.1) is 0 Å². The van der Waals surface area contributed by atoms with Crippen molar-refractivity contribution in [3.05, 3.63) is 24.3 Å². The van der Waals surface area contributed by atoms with Crippen molar-refractivity contribution in [1.29, 1.82) is 0 Å². The number of anilines is 1. The number of likely N-dealkylation sites (N-methyl/N-ethyl adjacent to an activating group) is 2. The van der Waals surface area contributed by atoms with Crippen LogP contribution in [0.1, 0.15) is 0 Å². The molecule has 5 heteroatoms. The van der Waals surface area contributed by atoms with Gasteiger partial charge in [0.25, 0.3) is 0 Å². The van der Waals surface area contributed by atoms with Gasteiger partial charge in [-0.05, 0) is 14.1 Å². The monoisotopic (exact) mass is 274 g/mol. The first kappa shape index (κ1) is 16.7. The molecule has 0 amide bonds. The second-order valence-electron chi connectivity index (χ2n) is 5.06. The molecule has 1 aromatic rings. The Labute approximate surface area is 124 Å².